The normalized spacial score (nSPS) is 19.6. The molecule has 2 aromatic rings. The molecule has 5 rings (SSSR count). The Labute approximate surface area is 198 Å². The number of ether oxygens (including phenoxy) is 3. The Morgan fingerprint density at radius 2 is 1.91 bits per heavy atom. The zero-order valence-corrected chi connectivity index (χ0v) is 19.8. The molecule has 8 nitrogen and oxygen atoms in total. The van der Waals surface area contributed by atoms with E-state index in [9.17, 15) is 9.59 Å². The molecular formula is C26H30N2O6. The van der Waals surface area contributed by atoms with Gasteiger partial charge < -0.3 is 29.5 Å². The summed E-state index contributed by atoms with van der Waals surface area (Å²) >= 11 is 0. The molecule has 0 bridgehead atoms. The van der Waals surface area contributed by atoms with E-state index in [1.165, 1.54) is 0 Å². The average Bonchev–Trinajstić information content (AvgIpc) is 3.15. The number of benzene rings is 2. The van der Waals surface area contributed by atoms with Crippen LogP contribution in [0.3, 0.4) is 0 Å². The first kappa shape index (κ1) is 22.5. The summed E-state index contributed by atoms with van der Waals surface area (Å²) in [7, 11) is 0. The first-order chi connectivity index (χ1) is 16.2. The van der Waals surface area contributed by atoms with Crippen molar-refractivity contribution in [3.05, 3.63) is 58.1 Å². The number of nitrogens with zero attached hydrogens (tertiary/aromatic N) is 1. The van der Waals surface area contributed by atoms with Gasteiger partial charge in [-0.1, -0.05) is 6.07 Å². The number of hydrogen-bond donors (Lipinski definition) is 2. The van der Waals surface area contributed by atoms with Gasteiger partial charge in [-0.25, -0.2) is 4.79 Å². The van der Waals surface area contributed by atoms with E-state index in [4.69, 9.17) is 19.3 Å². The summed E-state index contributed by atoms with van der Waals surface area (Å²) in [5.74, 6) is 1.00. The van der Waals surface area contributed by atoms with E-state index in [-0.39, 0.29) is 17.9 Å². The quantitative estimate of drug-likeness (QED) is 0.710. The Kier molecular flexibility index (Phi) is 5.43. The number of aryl methyl sites for hydroxylation is 1. The molecule has 2 amide bonds. The molecule has 3 aliphatic heterocycles. The van der Waals surface area contributed by atoms with Gasteiger partial charge in [0.05, 0.1) is 13.2 Å². The maximum Gasteiger partial charge on any atom is 0.404 e. The highest BCUT2D eigenvalue weighted by molar-refractivity contribution is 5.95. The van der Waals surface area contributed by atoms with E-state index in [1.54, 1.807) is 0 Å². The fraction of sp³-hybridized carbons (Fsp3) is 0.462. The highest BCUT2D eigenvalue weighted by Crippen LogP contribution is 2.46. The monoisotopic (exact) mass is 466 g/mol. The number of hydrogen-bond acceptors (Lipinski definition) is 5. The van der Waals surface area contributed by atoms with Crippen LogP contribution in [0.4, 0.5) is 4.79 Å². The lowest BCUT2D eigenvalue weighted by atomic mass is 9.74. The number of rotatable bonds is 3. The van der Waals surface area contributed by atoms with Crippen LogP contribution in [0.15, 0.2) is 30.3 Å². The molecule has 1 saturated heterocycles. The molecule has 3 aliphatic rings. The molecular weight excluding hydrogens is 436 g/mol. The maximum absolute atomic E-state index is 13.4. The lowest BCUT2D eigenvalue weighted by Gasteiger charge is -2.39. The van der Waals surface area contributed by atoms with Gasteiger partial charge in [-0.15, -0.1) is 0 Å². The zero-order valence-electron chi connectivity index (χ0n) is 19.8. The zero-order chi connectivity index (χ0) is 24.1. The molecule has 0 saturated carbocycles. The van der Waals surface area contributed by atoms with E-state index in [2.05, 4.69) is 5.32 Å². The third-order valence-electron chi connectivity index (χ3n) is 7.09. The van der Waals surface area contributed by atoms with Gasteiger partial charge in [0, 0.05) is 55.6 Å². The van der Waals surface area contributed by atoms with Gasteiger partial charge in [-0.2, -0.15) is 0 Å². The number of carboxylic acid groups (broad SMARTS) is 1. The Bertz CT molecular complexity index is 1150. The third kappa shape index (κ3) is 4.07. The molecule has 0 radical (unpaired) electrons. The highest BCUT2D eigenvalue weighted by Gasteiger charge is 2.44. The second kappa shape index (κ2) is 8.20. The van der Waals surface area contributed by atoms with Gasteiger partial charge in [0.2, 0.25) is 5.79 Å². The van der Waals surface area contributed by atoms with Crippen molar-refractivity contribution >= 4 is 12.0 Å². The molecule has 0 unspecified atom stereocenters. The van der Waals surface area contributed by atoms with Crippen molar-refractivity contribution in [1.82, 2.24) is 10.2 Å². The summed E-state index contributed by atoms with van der Waals surface area (Å²) < 4.78 is 17.7. The molecule has 0 aromatic heterocycles. The fourth-order valence-corrected chi connectivity index (χ4v) is 5.18. The van der Waals surface area contributed by atoms with Crippen LogP contribution in [0.25, 0.3) is 0 Å². The molecule has 2 aromatic carbocycles. The second-order valence-corrected chi connectivity index (χ2v) is 9.92. The van der Waals surface area contributed by atoms with Gasteiger partial charge in [0.25, 0.3) is 5.91 Å². The van der Waals surface area contributed by atoms with Crippen molar-refractivity contribution in [2.75, 3.05) is 19.7 Å². The van der Waals surface area contributed by atoms with Crippen LogP contribution in [-0.2, 0) is 23.3 Å². The van der Waals surface area contributed by atoms with Crippen molar-refractivity contribution in [3.8, 4) is 11.5 Å². The number of carbonyl (C=O) groups excluding carboxylic acids is 1. The van der Waals surface area contributed by atoms with Gasteiger partial charge in [-0.3, -0.25) is 4.79 Å². The SMILES string of the molecule is Cc1cc(C(=O)N2CCC3(CC2)COc2ccc(CNC(=O)O)cc23)cc2c1OC(C)(C)OC2. The molecule has 180 valence electrons. The van der Waals surface area contributed by atoms with Crippen molar-refractivity contribution in [2.24, 2.45) is 0 Å². The highest BCUT2D eigenvalue weighted by atomic mass is 16.7. The van der Waals surface area contributed by atoms with E-state index in [0.29, 0.717) is 31.9 Å². The minimum Gasteiger partial charge on any atom is -0.492 e. The Morgan fingerprint density at radius 1 is 1.15 bits per heavy atom. The summed E-state index contributed by atoms with van der Waals surface area (Å²) in [6.07, 6.45) is 0.551. The van der Waals surface area contributed by atoms with Crippen molar-refractivity contribution < 1.29 is 28.9 Å². The Morgan fingerprint density at radius 3 is 2.65 bits per heavy atom. The minimum atomic E-state index is -1.04. The third-order valence-corrected chi connectivity index (χ3v) is 7.09. The molecule has 1 spiro atoms. The summed E-state index contributed by atoms with van der Waals surface area (Å²) in [5.41, 5.74) is 4.37. The fourth-order valence-electron chi connectivity index (χ4n) is 5.18. The predicted octanol–water partition coefficient (Wildman–Crippen LogP) is 3.97. The van der Waals surface area contributed by atoms with E-state index in [0.717, 1.165) is 46.6 Å². The smallest absolute Gasteiger partial charge is 0.404 e. The molecule has 8 heteroatoms. The molecule has 3 heterocycles. The van der Waals surface area contributed by atoms with Crippen LogP contribution in [0.1, 0.15) is 59.3 Å². The van der Waals surface area contributed by atoms with Gasteiger partial charge in [0.1, 0.15) is 11.5 Å². The Balaban J connectivity index is 1.30. The van der Waals surface area contributed by atoms with Crippen LogP contribution in [0, 0.1) is 6.92 Å². The first-order valence-corrected chi connectivity index (χ1v) is 11.6. The van der Waals surface area contributed by atoms with Crippen LogP contribution in [0.5, 0.6) is 11.5 Å². The molecule has 34 heavy (non-hydrogen) atoms. The van der Waals surface area contributed by atoms with Gasteiger partial charge >= 0.3 is 6.09 Å². The van der Waals surface area contributed by atoms with E-state index < -0.39 is 11.9 Å². The molecule has 0 atom stereocenters. The number of piperidine rings is 1. The topological polar surface area (TPSA) is 97.3 Å². The lowest BCUT2D eigenvalue weighted by molar-refractivity contribution is -0.180. The second-order valence-electron chi connectivity index (χ2n) is 9.92. The van der Waals surface area contributed by atoms with Crippen molar-refractivity contribution in [3.63, 3.8) is 0 Å². The minimum absolute atomic E-state index is 0.0177. The number of carbonyl (C=O) groups is 2. The standard InChI is InChI=1S/C26H30N2O6/c1-16-10-18(12-19-14-33-25(2,3)34-22(16)19)23(29)28-8-6-26(7-9-28)15-32-21-5-4-17(11-20(21)26)13-27-24(30)31/h4-5,10-12,27H,6-9,13-15H2,1-3H3,(H,30,31). The van der Waals surface area contributed by atoms with Crippen LogP contribution >= 0.6 is 0 Å². The van der Waals surface area contributed by atoms with Crippen molar-refractivity contribution in [2.45, 2.75) is 58.0 Å². The number of fused-ring (bicyclic) bond motifs is 3. The first-order valence-electron chi connectivity index (χ1n) is 11.6. The molecule has 2 N–H and O–H groups in total. The largest absolute Gasteiger partial charge is 0.492 e. The van der Waals surface area contributed by atoms with E-state index in [1.807, 2.05) is 56.0 Å². The lowest BCUT2D eigenvalue weighted by Crippen LogP contribution is -2.46. The average molecular weight is 467 g/mol. The molecule has 1 fully saturated rings. The van der Waals surface area contributed by atoms with Crippen LogP contribution in [-0.4, -0.2) is 47.5 Å². The van der Waals surface area contributed by atoms with Crippen molar-refractivity contribution in [1.29, 1.82) is 0 Å². The Hall–Kier alpha value is -3.26. The predicted molar refractivity (Wildman–Crippen MR) is 124 cm³/mol. The maximum atomic E-state index is 13.4. The number of amides is 2. The van der Waals surface area contributed by atoms with Gasteiger partial charge in [-0.05, 0) is 55.2 Å². The van der Waals surface area contributed by atoms with Crippen LogP contribution < -0.4 is 14.8 Å². The molecule has 0 aliphatic carbocycles. The number of nitrogens with one attached hydrogen (secondary N) is 1. The van der Waals surface area contributed by atoms with Gasteiger partial charge in [0.15, 0.2) is 0 Å². The van der Waals surface area contributed by atoms with Crippen LogP contribution in [0.2, 0.25) is 0 Å². The summed E-state index contributed by atoms with van der Waals surface area (Å²) in [6.45, 7) is 8.26. The summed E-state index contributed by atoms with van der Waals surface area (Å²) in [4.78, 5) is 26.1. The number of likely N-dealkylation sites (tertiary alicyclic amines) is 1. The summed E-state index contributed by atoms with van der Waals surface area (Å²) in [6, 6.07) is 9.65. The van der Waals surface area contributed by atoms with E-state index >= 15 is 0 Å². The summed E-state index contributed by atoms with van der Waals surface area (Å²) in [5, 5.41) is 11.3.